The number of hydrogen-bond acceptors (Lipinski definition) is 4. The number of nitrogens with zero attached hydrogens (tertiary/aromatic N) is 1. The zero-order chi connectivity index (χ0) is 32.6. The van der Waals surface area contributed by atoms with Crippen molar-refractivity contribution in [1.82, 2.24) is 16.0 Å². The smallest absolute Gasteiger partial charge is 0.0883 e. The molecule has 3 aliphatic rings. The largest absolute Gasteiger partial charge is 0.393 e. The van der Waals surface area contributed by atoms with E-state index in [0.29, 0.717) is 10.8 Å². The van der Waals surface area contributed by atoms with Crippen molar-refractivity contribution >= 4 is 15.0 Å². The summed E-state index contributed by atoms with van der Waals surface area (Å²) in [6.45, 7) is 30.6. The van der Waals surface area contributed by atoms with Gasteiger partial charge in [-0.15, -0.1) is 15.8 Å². The average molecular weight is 589 g/mol. The predicted molar refractivity (Wildman–Crippen MR) is 197 cm³/mol. The van der Waals surface area contributed by atoms with E-state index in [1.54, 1.807) is 12.4 Å². The van der Waals surface area contributed by atoms with E-state index in [-0.39, 0.29) is 0 Å². The highest BCUT2D eigenvalue weighted by Gasteiger charge is 2.46. The summed E-state index contributed by atoms with van der Waals surface area (Å²) in [4.78, 5) is 4.17. The van der Waals surface area contributed by atoms with Crippen molar-refractivity contribution in [3.05, 3.63) is 86.1 Å². The lowest BCUT2D eigenvalue weighted by Gasteiger charge is -2.52. The Morgan fingerprint density at radius 2 is 1.39 bits per heavy atom. The van der Waals surface area contributed by atoms with Gasteiger partial charge in [-0.05, 0) is 103 Å². The topological polar surface area (TPSA) is 48.5 Å². The molecule has 3 N–H and O–H groups in total. The molecule has 4 nitrogen and oxygen atoms in total. The first-order valence-corrected chi connectivity index (χ1v) is 16.5. The maximum absolute atomic E-state index is 4.17. The van der Waals surface area contributed by atoms with Crippen LogP contribution in [0.4, 0.5) is 0 Å². The van der Waals surface area contributed by atoms with Gasteiger partial charge in [-0.3, -0.25) is 4.99 Å². The molecule has 3 saturated carbocycles. The van der Waals surface area contributed by atoms with Crippen molar-refractivity contribution in [2.45, 2.75) is 100 Å². The van der Waals surface area contributed by atoms with Crippen molar-refractivity contribution in [1.29, 1.82) is 0 Å². The van der Waals surface area contributed by atoms with E-state index < -0.39 is 0 Å². The Balaban J connectivity index is -0.000000237. The standard InChI is InChI=1S/C12H19N3.C12H21N.C5H10.C4H8.C2H6.CH5P/c1-6-11(15-9-8-13-5)12(10(3)4)14-7-2;1-3-11-4-7-12(8-5-11,9-6-11)10-13-2;1-3-5-4-2;1-3-4-2;2*1-2/h6-9,13,15H,2-3H2,1,4-5H3;3,13H,1,4-10H2,2H3;3,5H,4H2,1-2H3;3-4H,1-2H3;1-2H3;2H2,1H3/b9-8+,11-6+,14-12?;;5-3-;4-3+;;. The highest BCUT2D eigenvalue weighted by atomic mass is 31.0. The molecule has 3 rings (SSSR count). The molecular formula is C36H69N4P. The first kappa shape index (κ1) is 45.8. The molecule has 5 heteroatoms. The minimum atomic E-state index is 0.537. The third-order valence-corrected chi connectivity index (χ3v) is 6.91. The number of fused-ring (bicyclic) bond motifs is 3. The van der Waals surface area contributed by atoms with Gasteiger partial charge in [0.1, 0.15) is 0 Å². The summed E-state index contributed by atoms with van der Waals surface area (Å²) in [5, 5.41) is 9.37. The Labute approximate surface area is 260 Å². The fourth-order valence-electron chi connectivity index (χ4n) is 4.48. The van der Waals surface area contributed by atoms with Crippen LogP contribution >= 0.6 is 9.24 Å². The Morgan fingerprint density at radius 1 is 0.878 bits per heavy atom. The molecular weight excluding hydrogens is 519 g/mol. The Kier molecular flexibility index (Phi) is 36.2. The lowest BCUT2D eigenvalue weighted by atomic mass is 9.54. The summed E-state index contributed by atoms with van der Waals surface area (Å²) < 4.78 is 0. The van der Waals surface area contributed by atoms with E-state index >= 15 is 0 Å². The summed E-state index contributed by atoms with van der Waals surface area (Å²) in [6, 6.07) is 0. The highest BCUT2D eigenvalue weighted by molar-refractivity contribution is 7.15. The molecule has 0 heterocycles. The van der Waals surface area contributed by atoms with E-state index in [1.165, 1.54) is 51.3 Å². The van der Waals surface area contributed by atoms with Crippen LogP contribution in [0, 0.1) is 10.8 Å². The molecule has 1 unspecified atom stereocenters. The fraction of sp³-hybridized carbons (Fsp3) is 0.583. The highest BCUT2D eigenvalue weighted by Crippen LogP contribution is 2.56. The van der Waals surface area contributed by atoms with Gasteiger partial charge in [-0.2, -0.15) is 0 Å². The van der Waals surface area contributed by atoms with Gasteiger partial charge in [0, 0.05) is 32.2 Å². The van der Waals surface area contributed by atoms with Gasteiger partial charge >= 0.3 is 0 Å². The molecule has 1 atom stereocenters. The van der Waals surface area contributed by atoms with Crippen LogP contribution in [0.5, 0.6) is 0 Å². The second-order valence-electron chi connectivity index (χ2n) is 9.65. The van der Waals surface area contributed by atoms with Crippen LogP contribution in [0.25, 0.3) is 0 Å². The zero-order valence-electron chi connectivity index (χ0n) is 29.0. The minimum absolute atomic E-state index is 0.537. The quantitative estimate of drug-likeness (QED) is 0.135. The average Bonchev–Trinajstić information content (AvgIpc) is 3.02. The molecule has 0 aromatic heterocycles. The Bertz CT molecular complexity index is 759. The van der Waals surface area contributed by atoms with E-state index in [4.69, 9.17) is 0 Å². The number of hydrogen-bond donors (Lipinski definition) is 3. The third-order valence-electron chi connectivity index (χ3n) is 6.91. The lowest BCUT2D eigenvalue weighted by Crippen LogP contribution is -2.45. The summed E-state index contributed by atoms with van der Waals surface area (Å²) in [6.07, 6.45) is 27.0. The molecule has 0 aromatic rings. The molecule has 3 aliphatic carbocycles. The minimum Gasteiger partial charge on any atom is -0.393 e. The Morgan fingerprint density at radius 3 is 1.66 bits per heavy atom. The van der Waals surface area contributed by atoms with Crippen LogP contribution in [-0.4, -0.2) is 33.0 Å². The van der Waals surface area contributed by atoms with Crippen LogP contribution in [0.2, 0.25) is 0 Å². The SMILES string of the molecule is C/C=C/C.C/C=C\CC.C=CC12CCC(CNC)(CC1)CC2.C=CN=C(C(=C)C)/C(=C\C)N/C=C/NC.CC.CP. The van der Waals surface area contributed by atoms with Gasteiger partial charge in [0.2, 0.25) is 0 Å². The summed E-state index contributed by atoms with van der Waals surface area (Å²) in [5.74, 6) is 0. The van der Waals surface area contributed by atoms with Gasteiger partial charge in [0.05, 0.1) is 11.4 Å². The summed E-state index contributed by atoms with van der Waals surface area (Å²) >= 11 is 0. The van der Waals surface area contributed by atoms with Crippen LogP contribution in [-0.2, 0) is 0 Å². The van der Waals surface area contributed by atoms with Gasteiger partial charge < -0.3 is 16.0 Å². The molecule has 3 fully saturated rings. The van der Waals surface area contributed by atoms with Crippen LogP contribution in [0.1, 0.15) is 100 Å². The maximum atomic E-state index is 4.17. The molecule has 238 valence electrons. The Hall–Kier alpha value is -2.16. The van der Waals surface area contributed by atoms with E-state index in [2.05, 4.69) is 82.1 Å². The van der Waals surface area contributed by atoms with Gasteiger partial charge in [-0.25, -0.2) is 0 Å². The van der Waals surface area contributed by atoms with Crippen LogP contribution in [0.3, 0.4) is 0 Å². The van der Waals surface area contributed by atoms with E-state index in [0.717, 1.165) is 23.4 Å². The number of rotatable bonds is 10. The zero-order valence-corrected chi connectivity index (χ0v) is 30.2. The first-order chi connectivity index (χ1) is 19.7. The molecule has 41 heavy (non-hydrogen) atoms. The van der Waals surface area contributed by atoms with Crippen molar-refractivity contribution in [2.24, 2.45) is 15.8 Å². The number of nitrogens with one attached hydrogen (secondary N) is 3. The molecule has 0 radical (unpaired) electrons. The first-order valence-electron chi connectivity index (χ1n) is 15.4. The number of allylic oxidation sites excluding steroid dienone is 7. The summed E-state index contributed by atoms with van der Waals surface area (Å²) in [7, 11) is 6.34. The molecule has 0 aliphatic heterocycles. The van der Waals surface area contributed by atoms with Crippen LogP contribution in [0.15, 0.2) is 91.1 Å². The van der Waals surface area contributed by atoms with Gasteiger partial charge in [0.15, 0.2) is 0 Å². The summed E-state index contributed by atoms with van der Waals surface area (Å²) in [5.41, 5.74) is 3.81. The molecule has 0 aromatic carbocycles. The molecule has 0 spiro atoms. The van der Waals surface area contributed by atoms with Crippen molar-refractivity contribution in [3.63, 3.8) is 0 Å². The van der Waals surface area contributed by atoms with E-state index in [1.807, 2.05) is 80.4 Å². The van der Waals surface area contributed by atoms with E-state index in [9.17, 15) is 0 Å². The fourth-order valence-corrected chi connectivity index (χ4v) is 4.48. The van der Waals surface area contributed by atoms with Crippen molar-refractivity contribution in [2.75, 3.05) is 27.3 Å². The normalized spacial score (nSPS) is 20.9. The second kappa shape index (κ2) is 32.4. The number of aliphatic imine (C=N–C) groups is 1. The second-order valence-corrected chi connectivity index (χ2v) is 9.65. The third kappa shape index (κ3) is 22.2. The molecule has 0 saturated heterocycles. The molecule has 0 amide bonds. The van der Waals surface area contributed by atoms with Gasteiger partial charge in [-0.1, -0.05) is 77.1 Å². The maximum Gasteiger partial charge on any atom is 0.0883 e. The molecule has 2 bridgehead atoms. The van der Waals surface area contributed by atoms with Crippen molar-refractivity contribution < 1.29 is 0 Å². The van der Waals surface area contributed by atoms with Gasteiger partial charge in [0.25, 0.3) is 0 Å². The monoisotopic (exact) mass is 589 g/mol. The van der Waals surface area contributed by atoms with Crippen molar-refractivity contribution in [3.8, 4) is 0 Å². The predicted octanol–water partition coefficient (Wildman–Crippen LogP) is 10.1. The van der Waals surface area contributed by atoms with Crippen LogP contribution < -0.4 is 16.0 Å². The lowest BCUT2D eigenvalue weighted by molar-refractivity contribution is 0.0235.